The molecule has 0 heterocycles. The first-order valence-electron chi connectivity index (χ1n) is 6.91. The number of ether oxygens (including phenoxy) is 2. The zero-order valence-electron chi connectivity index (χ0n) is 13.2. The van der Waals surface area contributed by atoms with E-state index in [1.54, 1.807) is 32.4 Å². The number of hydrogen-bond acceptors (Lipinski definition) is 5. The Bertz CT molecular complexity index is 724. The molecule has 0 amide bonds. The molecule has 2 rings (SSSR count). The van der Waals surface area contributed by atoms with E-state index in [-0.39, 0.29) is 5.56 Å². The summed E-state index contributed by atoms with van der Waals surface area (Å²) in [7, 11) is 3.18. The molecule has 0 unspecified atom stereocenters. The lowest BCUT2D eigenvalue weighted by molar-refractivity contribution is 0.0697. The molecule has 23 heavy (non-hydrogen) atoms. The van der Waals surface area contributed by atoms with Crippen LogP contribution in [0.15, 0.2) is 47.6 Å². The first-order valence-corrected chi connectivity index (χ1v) is 6.91. The van der Waals surface area contributed by atoms with Gasteiger partial charge in [0.25, 0.3) is 0 Å². The van der Waals surface area contributed by atoms with Gasteiger partial charge < -0.3 is 14.6 Å². The minimum absolute atomic E-state index is 0.230. The van der Waals surface area contributed by atoms with Crippen LogP contribution in [0, 0.1) is 0 Å². The van der Waals surface area contributed by atoms with Gasteiger partial charge in [-0.2, -0.15) is 5.10 Å². The van der Waals surface area contributed by atoms with Gasteiger partial charge in [-0.3, -0.25) is 5.43 Å². The zero-order chi connectivity index (χ0) is 16.8. The standard InChI is InChI=1S/C17H18N2O4/c1-11(15-9-8-14(22-2)10-16(15)23-3)18-19-13-6-4-12(5-7-13)17(20)21/h4-10,19H,1-3H3,(H,20,21)/b18-11-. The van der Waals surface area contributed by atoms with Crippen LogP contribution in [-0.4, -0.2) is 31.0 Å². The fraction of sp³-hybridized carbons (Fsp3) is 0.176. The quantitative estimate of drug-likeness (QED) is 0.632. The van der Waals surface area contributed by atoms with Crippen molar-refractivity contribution in [2.45, 2.75) is 6.92 Å². The van der Waals surface area contributed by atoms with Crippen molar-refractivity contribution in [3.05, 3.63) is 53.6 Å². The molecule has 6 heteroatoms. The third-order valence-corrected chi connectivity index (χ3v) is 3.28. The van der Waals surface area contributed by atoms with Gasteiger partial charge in [0, 0.05) is 11.6 Å². The van der Waals surface area contributed by atoms with Crippen molar-refractivity contribution in [1.82, 2.24) is 0 Å². The van der Waals surface area contributed by atoms with Crippen LogP contribution in [0.5, 0.6) is 11.5 Å². The van der Waals surface area contributed by atoms with Gasteiger partial charge in [-0.05, 0) is 43.3 Å². The van der Waals surface area contributed by atoms with E-state index >= 15 is 0 Å². The van der Waals surface area contributed by atoms with E-state index in [0.29, 0.717) is 17.2 Å². The second-order valence-corrected chi connectivity index (χ2v) is 4.76. The first-order chi connectivity index (χ1) is 11.0. The number of rotatable bonds is 6. The van der Waals surface area contributed by atoms with Crippen molar-refractivity contribution in [1.29, 1.82) is 0 Å². The van der Waals surface area contributed by atoms with Crippen LogP contribution in [0.4, 0.5) is 5.69 Å². The number of carbonyl (C=O) groups is 1. The maximum atomic E-state index is 10.8. The number of carboxylic acids is 1. The number of methoxy groups -OCH3 is 2. The van der Waals surface area contributed by atoms with Crippen molar-refractivity contribution >= 4 is 17.4 Å². The summed E-state index contributed by atoms with van der Waals surface area (Å²) in [5.41, 5.74) is 5.39. The summed E-state index contributed by atoms with van der Waals surface area (Å²) < 4.78 is 10.5. The van der Waals surface area contributed by atoms with Gasteiger partial charge in [0.1, 0.15) is 11.5 Å². The molecule has 2 aromatic rings. The van der Waals surface area contributed by atoms with Gasteiger partial charge >= 0.3 is 5.97 Å². The van der Waals surface area contributed by atoms with Crippen molar-refractivity contribution < 1.29 is 19.4 Å². The number of hydrazone groups is 1. The Hall–Kier alpha value is -3.02. The zero-order valence-corrected chi connectivity index (χ0v) is 13.2. The van der Waals surface area contributed by atoms with Crippen LogP contribution in [-0.2, 0) is 0 Å². The Morgan fingerprint density at radius 2 is 1.78 bits per heavy atom. The lowest BCUT2D eigenvalue weighted by Gasteiger charge is -2.10. The first kappa shape index (κ1) is 16.4. The predicted molar refractivity (Wildman–Crippen MR) is 88.8 cm³/mol. The van der Waals surface area contributed by atoms with Crippen LogP contribution < -0.4 is 14.9 Å². The van der Waals surface area contributed by atoms with E-state index in [4.69, 9.17) is 14.6 Å². The number of anilines is 1. The molecule has 0 spiro atoms. The summed E-state index contributed by atoms with van der Waals surface area (Å²) >= 11 is 0. The average molecular weight is 314 g/mol. The Morgan fingerprint density at radius 3 is 2.35 bits per heavy atom. The second kappa shape index (κ2) is 7.31. The lowest BCUT2D eigenvalue weighted by Crippen LogP contribution is -2.03. The van der Waals surface area contributed by atoms with E-state index in [1.165, 1.54) is 12.1 Å². The third kappa shape index (κ3) is 4.00. The predicted octanol–water partition coefficient (Wildman–Crippen LogP) is 3.24. The molecule has 2 N–H and O–H groups in total. The van der Waals surface area contributed by atoms with E-state index in [9.17, 15) is 4.79 Å². The fourth-order valence-corrected chi connectivity index (χ4v) is 1.99. The number of nitrogens with one attached hydrogen (secondary N) is 1. The minimum Gasteiger partial charge on any atom is -0.497 e. The summed E-state index contributed by atoms with van der Waals surface area (Å²) in [5.74, 6) is 0.406. The second-order valence-electron chi connectivity index (χ2n) is 4.76. The average Bonchev–Trinajstić information content (AvgIpc) is 2.59. The molecule has 0 bridgehead atoms. The van der Waals surface area contributed by atoms with E-state index in [1.807, 2.05) is 19.1 Å². The Morgan fingerprint density at radius 1 is 1.09 bits per heavy atom. The van der Waals surface area contributed by atoms with Crippen LogP contribution in [0.25, 0.3) is 0 Å². The molecular formula is C17H18N2O4. The highest BCUT2D eigenvalue weighted by atomic mass is 16.5. The van der Waals surface area contributed by atoms with Crippen molar-refractivity contribution in [3.63, 3.8) is 0 Å². The van der Waals surface area contributed by atoms with Gasteiger partial charge in [-0.25, -0.2) is 4.79 Å². The van der Waals surface area contributed by atoms with Crippen LogP contribution in [0.2, 0.25) is 0 Å². The third-order valence-electron chi connectivity index (χ3n) is 3.28. The number of hydrogen-bond donors (Lipinski definition) is 2. The van der Waals surface area contributed by atoms with Crippen LogP contribution in [0.3, 0.4) is 0 Å². The van der Waals surface area contributed by atoms with Gasteiger partial charge in [0.2, 0.25) is 0 Å². The lowest BCUT2D eigenvalue weighted by atomic mass is 10.1. The topological polar surface area (TPSA) is 80.2 Å². The Labute approximate surface area is 134 Å². The molecule has 0 aliphatic carbocycles. The summed E-state index contributed by atoms with van der Waals surface area (Å²) in [4.78, 5) is 10.8. The SMILES string of the molecule is COc1ccc(/C(C)=N\Nc2ccc(C(=O)O)cc2)c(OC)c1. The van der Waals surface area contributed by atoms with E-state index in [2.05, 4.69) is 10.5 Å². The molecule has 0 saturated heterocycles. The number of nitrogens with zero attached hydrogens (tertiary/aromatic N) is 1. The molecule has 0 aliphatic rings. The fourth-order valence-electron chi connectivity index (χ4n) is 1.99. The van der Waals surface area contributed by atoms with Crippen molar-refractivity contribution in [3.8, 4) is 11.5 Å². The molecule has 2 aromatic carbocycles. The van der Waals surface area contributed by atoms with E-state index in [0.717, 1.165) is 11.3 Å². The monoisotopic (exact) mass is 314 g/mol. The van der Waals surface area contributed by atoms with Crippen molar-refractivity contribution in [2.75, 3.05) is 19.6 Å². The highest BCUT2D eigenvalue weighted by Gasteiger charge is 2.08. The molecule has 0 fully saturated rings. The molecule has 6 nitrogen and oxygen atoms in total. The highest BCUT2D eigenvalue weighted by molar-refractivity contribution is 6.01. The number of benzene rings is 2. The van der Waals surface area contributed by atoms with Gasteiger partial charge in [0.05, 0.1) is 31.2 Å². The van der Waals surface area contributed by atoms with Crippen LogP contribution >= 0.6 is 0 Å². The smallest absolute Gasteiger partial charge is 0.335 e. The maximum absolute atomic E-state index is 10.8. The summed E-state index contributed by atoms with van der Waals surface area (Å²) in [6.07, 6.45) is 0. The number of carboxylic acid groups (broad SMARTS) is 1. The minimum atomic E-state index is -0.959. The normalized spacial score (nSPS) is 11.0. The summed E-state index contributed by atoms with van der Waals surface area (Å²) in [6.45, 7) is 1.85. The van der Waals surface area contributed by atoms with Crippen molar-refractivity contribution in [2.24, 2.45) is 5.10 Å². The van der Waals surface area contributed by atoms with E-state index < -0.39 is 5.97 Å². The van der Waals surface area contributed by atoms with Crippen LogP contribution in [0.1, 0.15) is 22.8 Å². The Balaban J connectivity index is 2.18. The molecule has 0 aliphatic heterocycles. The van der Waals surface area contributed by atoms with Gasteiger partial charge in [-0.1, -0.05) is 0 Å². The summed E-state index contributed by atoms with van der Waals surface area (Å²) in [6, 6.07) is 11.8. The molecular weight excluding hydrogens is 296 g/mol. The molecule has 0 radical (unpaired) electrons. The molecule has 0 saturated carbocycles. The Kier molecular flexibility index (Phi) is 5.19. The molecule has 120 valence electrons. The van der Waals surface area contributed by atoms with Gasteiger partial charge in [-0.15, -0.1) is 0 Å². The largest absolute Gasteiger partial charge is 0.497 e. The van der Waals surface area contributed by atoms with Gasteiger partial charge in [0.15, 0.2) is 0 Å². The summed E-state index contributed by atoms with van der Waals surface area (Å²) in [5, 5.41) is 13.2. The molecule has 0 atom stereocenters. The molecule has 0 aromatic heterocycles. The maximum Gasteiger partial charge on any atom is 0.335 e. The number of aromatic carboxylic acids is 1. The highest BCUT2D eigenvalue weighted by Crippen LogP contribution is 2.25.